The summed E-state index contributed by atoms with van der Waals surface area (Å²) in [5.74, 6) is -2.00. The largest absolute Gasteiger partial charge is 0.486 e. The van der Waals surface area contributed by atoms with Crippen LogP contribution in [0.4, 0.5) is 17.6 Å². The monoisotopic (exact) mass is 425 g/mol. The van der Waals surface area contributed by atoms with Gasteiger partial charge in [0.2, 0.25) is 0 Å². The first-order chi connectivity index (χ1) is 13.8. The van der Waals surface area contributed by atoms with Crippen molar-refractivity contribution in [3.8, 4) is 17.0 Å². The fourth-order valence-corrected chi connectivity index (χ4v) is 3.47. The predicted octanol–water partition coefficient (Wildman–Crippen LogP) is 5.56. The lowest BCUT2D eigenvalue weighted by Gasteiger charge is -2.12. The Morgan fingerprint density at radius 1 is 1.14 bits per heavy atom. The number of aliphatic carboxylic acids is 1. The van der Waals surface area contributed by atoms with Crippen molar-refractivity contribution in [1.82, 2.24) is 4.37 Å². The quantitative estimate of drug-likeness (QED) is 0.503. The van der Waals surface area contributed by atoms with Gasteiger partial charge in [-0.3, -0.25) is 4.79 Å². The molecule has 0 aliphatic carbocycles. The lowest BCUT2D eigenvalue weighted by molar-refractivity contribution is -0.137. The number of rotatable bonds is 7. The molecule has 0 radical (unpaired) electrons. The number of carboxylic acids is 1. The standard InChI is InChI=1S/C20H15F4NO3S/c21-15-10-12(7-9-17(26)27)6-8-16(15)28-11-14-18(13-4-2-1-3-5-13)25-29-19(14)20(22,23)24/h1-6,8,10H,7,9,11H2,(H,26,27). The molecule has 3 rings (SSSR count). The van der Waals surface area contributed by atoms with Crippen LogP contribution in [-0.4, -0.2) is 15.4 Å². The first kappa shape index (κ1) is 20.8. The topological polar surface area (TPSA) is 59.4 Å². The van der Waals surface area contributed by atoms with Gasteiger partial charge in [-0.2, -0.15) is 17.5 Å². The van der Waals surface area contributed by atoms with Crippen LogP contribution in [0.3, 0.4) is 0 Å². The van der Waals surface area contributed by atoms with Gasteiger partial charge in [0.05, 0.1) is 5.69 Å². The van der Waals surface area contributed by atoms with Crippen LogP contribution in [-0.2, 0) is 24.0 Å². The molecule has 152 valence electrons. The highest BCUT2D eigenvalue weighted by Gasteiger charge is 2.38. The van der Waals surface area contributed by atoms with E-state index in [0.29, 0.717) is 22.7 Å². The Hall–Kier alpha value is -2.94. The third-order valence-electron chi connectivity index (χ3n) is 4.09. The van der Waals surface area contributed by atoms with Crippen LogP contribution in [0.2, 0.25) is 0 Å². The molecule has 1 aromatic heterocycles. The van der Waals surface area contributed by atoms with Crippen LogP contribution in [0.5, 0.6) is 5.75 Å². The van der Waals surface area contributed by atoms with E-state index in [1.807, 2.05) is 0 Å². The number of carbonyl (C=O) groups is 1. The summed E-state index contributed by atoms with van der Waals surface area (Å²) < 4.78 is 63.7. The molecule has 9 heteroatoms. The molecule has 0 fully saturated rings. The maximum absolute atomic E-state index is 14.3. The fraction of sp³-hybridized carbons (Fsp3) is 0.200. The normalized spacial score (nSPS) is 11.4. The van der Waals surface area contributed by atoms with Crippen molar-refractivity contribution in [3.05, 3.63) is 70.4 Å². The van der Waals surface area contributed by atoms with Crippen molar-refractivity contribution in [2.24, 2.45) is 0 Å². The Labute approximate surface area is 167 Å². The third kappa shape index (κ3) is 5.11. The van der Waals surface area contributed by atoms with E-state index in [1.165, 1.54) is 12.1 Å². The highest BCUT2D eigenvalue weighted by atomic mass is 32.1. The molecule has 4 nitrogen and oxygen atoms in total. The first-order valence-corrected chi connectivity index (χ1v) is 9.27. The maximum atomic E-state index is 14.3. The van der Waals surface area contributed by atoms with Gasteiger partial charge in [-0.05, 0) is 35.6 Å². The van der Waals surface area contributed by atoms with Gasteiger partial charge in [-0.1, -0.05) is 36.4 Å². The summed E-state index contributed by atoms with van der Waals surface area (Å²) in [5.41, 5.74) is 0.933. The number of nitrogens with zero attached hydrogens (tertiary/aromatic N) is 1. The van der Waals surface area contributed by atoms with Crippen molar-refractivity contribution in [2.75, 3.05) is 0 Å². The van der Waals surface area contributed by atoms with E-state index in [0.717, 1.165) is 6.07 Å². The van der Waals surface area contributed by atoms with E-state index in [-0.39, 0.29) is 29.8 Å². The molecule has 0 aliphatic rings. The average molecular weight is 425 g/mol. The van der Waals surface area contributed by atoms with Gasteiger partial charge in [-0.15, -0.1) is 0 Å². The molecule has 0 atom stereocenters. The maximum Gasteiger partial charge on any atom is 0.427 e. The van der Waals surface area contributed by atoms with Crippen LogP contribution in [0.15, 0.2) is 48.5 Å². The predicted molar refractivity (Wildman–Crippen MR) is 99.2 cm³/mol. The zero-order chi connectivity index (χ0) is 21.0. The lowest BCUT2D eigenvalue weighted by Crippen LogP contribution is -2.09. The summed E-state index contributed by atoms with van der Waals surface area (Å²) in [5, 5.41) is 8.68. The number of ether oxygens (including phenoxy) is 1. The summed E-state index contributed by atoms with van der Waals surface area (Å²) in [7, 11) is 0. The van der Waals surface area contributed by atoms with E-state index in [9.17, 15) is 22.4 Å². The molecule has 2 aromatic carbocycles. The minimum atomic E-state index is -4.61. The van der Waals surface area contributed by atoms with E-state index < -0.39 is 29.4 Å². The molecule has 0 unspecified atom stereocenters. The minimum Gasteiger partial charge on any atom is -0.486 e. The molecule has 3 aromatic rings. The minimum absolute atomic E-state index is 0.136. The molecule has 0 saturated carbocycles. The number of carboxylic acid groups (broad SMARTS) is 1. The zero-order valence-electron chi connectivity index (χ0n) is 14.9. The highest BCUT2D eigenvalue weighted by molar-refractivity contribution is 7.06. The van der Waals surface area contributed by atoms with Crippen LogP contribution in [0.1, 0.15) is 22.4 Å². The SMILES string of the molecule is O=C(O)CCc1ccc(OCc2c(-c3ccccc3)nsc2C(F)(F)F)c(F)c1. The van der Waals surface area contributed by atoms with Gasteiger partial charge in [0, 0.05) is 17.5 Å². The Bertz CT molecular complexity index is 1000. The highest BCUT2D eigenvalue weighted by Crippen LogP contribution is 2.40. The number of halogens is 4. The van der Waals surface area contributed by atoms with Crippen LogP contribution in [0.25, 0.3) is 11.3 Å². The number of alkyl halides is 3. The van der Waals surface area contributed by atoms with Crippen LogP contribution < -0.4 is 4.74 Å². The van der Waals surface area contributed by atoms with Crippen molar-refractivity contribution in [2.45, 2.75) is 25.6 Å². The van der Waals surface area contributed by atoms with Crippen LogP contribution in [0, 0.1) is 5.82 Å². The Morgan fingerprint density at radius 2 is 1.86 bits per heavy atom. The second-order valence-corrected chi connectivity index (χ2v) is 6.92. The molecule has 0 bridgehead atoms. The Morgan fingerprint density at radius 3 is 2.48 bits per heavy atom. The second kappa shape index (κ2) is 8.60. The smallest absolute Gasteiger partial charge is 0.427 e. The fourth-order valence-electron chi connectivity index (χ4n) is 2.71. The summed E-state index contributed by atoms with van der Waals surface area (Å²) in [6.45, 7) is -0.513. The van der Waals surface area contributed by atoms with E-state index in [1.54, 1.807) is 30.3 Å². The third-order valence-corrected chi connectivity index (χ3v) is 5.02. The van der Waals surface area contributed by atoms with Gasteiger partial charge in [-0.25, -0.2) is 4.39 Å². The van der Waals surface area contributed by atoms with Crippen molar-refractivity contribution < 1.29 is 32.2 Å². The molecule has 0 saturated heterocycles. The Kier molecular flexibility index (Phi) is 6.17. The summed E-state index contributed by atoms with van der Waals surface area (Å²) in [6, 6.07) is 12.2. The Balaban J connectivity index is 1.85. The number of aromatic nitrogens is 1. The number of hydrogen-bond acceptors (Lipinski definition) is 4. The zero-order valence-corrected chi connectivity index (χ0v) is 15.7. The van der Waals surface area contributed by atoms with Gasteiger partial charge in [0.15, 0.2) is 11.6 Å². The molecule has 0 aliphatic heterocycles. The van der Waals surface area contributed by atoms with Gasteiger partial charge in [0.25, 0.3) is 0 Å². The molecule has 1 N–H and O–H groups in total. The van der Waals surface area contributed by atoms with Crippen molar-refractivity contribution in [3.63, 3.8) is 0 Å². The van der Waals surface area contributed by atoms with E-state index >= 15 is 0 Å². The van der Waals surface area contributed by atoms with E-state index in [2.05, 4.69) is 4.37 Å². The van der Waals surface area contributed by atoms with Gasteiger partial charge < -0.3 is 9.84 Å². The molecular weight excluding hydrogens is 410 g/mol. The lowest BCUT2D eigenvalue weighted by atomic mass is 10.1. The van der Waals surface area contributed by atoms with Crippen molar-refractivity contribution in [1.29, 1.82) is 0 Å². The molecule has 0 spiro atoms. The number of hydrogen-bond donors (Lipinski definition) is 1. The molecular formula is C20H15F4NO3S. The molecule has 29 heavy (non-hydrogen) atoms. The molecule has 0 amide bonds. The van der Waals surface area contributed by atoms with Crippen LogP contribution >= 0.6 is 11.5 Å². The second-order valence-electron chi connectivity index (χ2n) is 6.15. The summed E-state index contributed by atoms with van der Waals surface area (Å²) in [4.78, 5) is 9.71. The molecule has 1 heterocycles. The van der Waals surface area contributed by atoms with Gasteiger partial charge in [0.1, 0.15) is 11.5 Å². The summed E-state index contributed by atoms with van der Waals surface area (Å²) in [6.07, 6.45) is -4.63. The first-order valence-electron chi connectivity index (χ1n) is 8.50. The average Bonchev–Trinajstić information content (AvgIpc) is 3.10. The van der Waals surface area contributed by atoms with Gasteiger partial charge >= 0.3 is 12.1 Å². The number of benzene rings is 2. The number of aryl methyl sites for hydroxylation is 1. The van der Waals surface area contributed by atoms with E-state index in [4.69, 9.17) is 9.84 Å². The van der Waals surface area contributed by atoms with Crippen molar-refractivity contribution >= 4 is 17.5 Å². The summed E-state index contributed by atoms with van der Waals surface area (Å²) >= 11 is 0.325.